The molecule has 0 atom stereocenters. The number of hydrogen-bond donors (Lipinski definition) is 0. The number of carbonyl (C=O) groups is 1. The number of allylic oxidation sites excluding steroid dienone is 1. The molecule has 1 aliphatic rings. The summed E-state index contributed by atoms with van der Waals surface area (Å²) in [6.45, 7) is 6.02. The third-order valence-corrected chi connectivity index (χ3v) is 3.12. The van der Waals surface area contributed by atoms with E-state index in [0.29, 0.717) is 6.54 Å². The third-order valence-electron chi connectivity index (χ3n) is 3.12. The van der Waals surface area contributed by atoms with E-state index in [1.54, 1.807) is 11.9 Å². The smallest absolute Gasteiger partial charge is 0.246 e. The van der Waals surface area contributed by atoms with E-state index in [0.717, 1.165) is 29.9 Å². The van der Waals surface area contributed by atoms with Gasteiger partial charge in [-0.3, -0.25) is 4.79 Å². The number of amides is 1. The van der Waals surface area contributed by atoms with Gasteiger partial charge in [-0.1, -0.05) is 18.7 Å². The topological polar surface area (TPSA) is 33.5 Å². The van der Waals surface area contributed by atoms with Gasteiger partial charge in [0.1, 0.15) is 11.5 Å². The molecule has 0 spiro atoms. The fraction of sp³-hybridized carbons (Fsp3) is 0.357. The molecule has 0 saturated carbocycles. The minimum absolute atomic E-state index is 0.0886. The highest BCUT2D eigenvalue weighted by Crippen LogP contribution is 2.28. The Morgan fingerprint density at radius 1 is 1.65 bits per heavy atom. The van der Waals surface area contributed by atoms with Crippen LogP contribution in [0.2, 0.25) is 0 Å². The lowest BCUT2D eigenvalue weighted by molar-refractivity contribution is -0.125. The molecule has 0 radical (unpaired) electrons. The van der Waals surface area contributed by atoms with Crippen molar-refractivity contribution in [3.63, 3.8) is 0 Å². The molecule has 17 heavy (non-hydrogen) atoms. The van der Waals surface area contributed by atoms with E-state index in [4.69, 9.17) is 4.42 Å². The van der Waals surface area contributed by atoms with Crippen LogP contribution in [0.4, 0.5) is 0 Å². The van der Waals surface area contributed by atoms with Crippen molar-refractivity contribution in [1.29, 1.82) is 0 Å². The Bertz CT molecular complexity index is 483. The predicted octanol–water partition coefficient (Wildman–Crippen LogP) is 2.69. The van der Waals surface area contributed by atoms with Crippen molar-refractivity contribution in [2.75, 3.05) is 7.05 Å². The minimum Gasteiger partial charge on any atom is -0.463 e. The lowest BCUT2D eigenvalue weighted by atomic mass is 10.0. The maximum atomic E-state index is 11.4. The Morgan fingerprint density at radius 3 is 3.06 bits per heavy atom. The highest BCUT2D eigenvalue weighted by atomic mass is 16.3. The molecule has 0 aliphatic heterocycles. The highest BCUT2D eigenvalue weighted by Gasteiger charge is 2.18. The molecule has 0 aromatic carbocycles. The maximum Gasteiger partial charge on any atom is 0.246 e. The van der Waals surface area contributed by atoms with Gasteiger partial charge in [0, 0.05) is 19.0 Å². The van der Waals surface area contributed by atoms with Gasteiger partial charge in [-0.25, -0.2) is 0 Å². The van der Waals surface area contributed by atoms with E-state index < -0.39 is 0 Å². The summed E-state index contributed by atoms with van der Waals surface area (Å²) in [4.78, 5) is 13.0. The summed E-state index contributed by atoms with van der Waals surface area (Å²) in [5.41, 5.74) is 2.32. The van der Waals surface area contributed by atoms with E-state index in [1.165, 1.54) is 11.6 Å². The summed E-state index contributed by atoms with van der Waals surface area (Å²) in [6.07, 6.45) is 7.56. The zero-order chi connectivity index (χ0) is 12.4. The summed E-state index contributed by atoms with van der Waals surface area (Å²) in [5, 5.41) is 0. The van der Waals surface area contributed by atoms with Crippen LogP contribution in [0.3, 0.4) is 0 Å². The fourth-order valence-corrected chi connectivity index (χ4v) is 2.06. The molecule has 90 valence electrons. The Hall–Kier alpha value is -1.77. The average Bonchev–Trinajstić information content (AvgIpc) is 2.66. The van der Waals surface area contributed by atoms with E-state index >= 15 is 0 Å². The number of rotatable bonds is 3. The lowest BCUT2D eigenvalue weighted by Gasteiger charge is -2.13. The highest BCUT2D eigenvalue weighted by molar-refractivity contribution is 5.86. The van der Waals surface area contributed by atoms with Gasteiger partial charge in [0.15, 0.2) is 0 Å². The second-order valence-electron chi connectivity index (χ2n) is 4.33. The van der Waals surface area contributed by atoms with Crippen molar-refractivity contribution in [2.45, 2.75) is 26.3 Å². The third kappa shape index (κ3) is 2.18. The zero-order valence-corrected chi connectivity index (χ0v) is 10.3. The van der Waals surface area contributed by atoms with Crippen molar-refractivity contribution >= 4 is 12.0 Å². The number of furan rings is 1. The number of hydrogen-bond acceptors (Lipinski definition) is 2. The van der Waals surface area contributed by atoms with Crippen LogP contribution in [0.5, 0.6) is 0 Å². The predicted molar refractivity (Wildman–Crippen MR) is 67.5 cm³/mol. The van der Waals surface area contributed by atoms with Crippen LogP contribution in [0, 0.1) is 6.92 Å². The zero-order valence-electron chi connectivity index (χ0n) is 10.3. The maximum absolute atomic E-state index is 11.4. The molecular weight excluding hydrogens is 214 g/mol. The van der Waals surface area contributed by atoms with Gasteiger partial charge in [-0.2, -0.15) is 0 Å². The van der Waals surface area contributed by atoms with Crippen LogP contribution >= 0.6 is 0 Å². The van der Waals surface area contributed by atoms with Crippen LogP contribution in [0.15, 0.2) is 23.1 Å². The molecule has 1 amide bonds. The molecule has 1 aromatic heterocycles. The van der Waals surface area contributed by atoms with Crippen molar-refractivity contribution in [3.05, 3.63) is 41.4 Å². The minimum atomic E-state index is -0.0886. The Kier molecular flexibility index (Phi) is 3.18. The van der Waals surface area contributed by atoms with Gasteiger partial charge in [0.2, 0.25) is 5.91 Å². The normalized spacial score (nSPS) is 13.3. The second-order valence-corrected chi connectivity index (χ2v) is 4.33. The quantitative estimate of drug-likeness (QED) is 0.749. The molecular formula is C14H17NO2. The molecule has 3 nitrogen and oxygen atoms in total. The summed E-state index contributed by atoms with van der Waals surface area (Å²) < 4.78 is 5.82. The number of fused-ring (bicyclic) bond motifs is 1. The molecule has 0 unspecified atom stereocenters. The van der Waals surface area contributed by atoms with E-state index in [2.05, 4.69) is 18.7 Å². The summed E-state index contributed by atoms with van der Waals surface area (Å²) in [5.74, 6) is 1.83. The van der Waals surface area contributed by atoms with Gasteiger partial charge in [-0.05, 0) is 25.0 Å². The first-order chi connectivity index (χ1) is 8.13. The van der Waals surface area contributed by atoms with E-state index in [9.17, 15) is 4.79 Å². The van der Waals surface area contributed by atoms with Gasteiger partial charge >= 0.3 is 0 Å². The molecule has 0 saturated heterocycles. The first kappa shape index (κ1) is 11.7. The Morgan fingerprint density at radius 2 is 2.41 bits per heavy atom. The number of aryl methyl sites for hydroxylation is 1. The van der Waals surface area contributed by atoms with Crippen LogP contribution in [-0.2, 0) is 17.8 Å². The molecule has 1 aromatic rings. The second kappa shape index (κ2) is 4.62. The van der Waals surface area contributed by atoms with Gasteiger partial charge in [0.05, 0.1) is 6.54 Å². The first-order valence-electron chi connectivity index (χ1n) is 5.78. The van der Waals surface area contributed by atoms with Crippen molar-refractivity contribution < 1.29 is 9.21 Å². The monoisotopic (exact) mass is 231 g/mol. The lowest BCUT2D eigenvalue weighted by Crippen LogP contribution is -2.23. The summed E-state index contributed by atoms with van der Waals surface area (Å²) in [6, 6.07) is 0. The summed E-state index contributed by atoms with van der Waals surface area (Å²) in [7, 11) is 1.75. The SMILES string of the molecule is C=CC(=O)N(C)Cc1oc2c(c1C)C=CCC2. The average molecular weight is 231 g/mol. The van der Waals surface area contributed by atoms with Crippen LogP contribution in [0.25, 0.3) is 6.08 Å². The molecule has 2 rings (SSSR count). The number of nitrogens with zero attached hydrogens (tertiary/aromatic N) is 1. The molecule has 1 aliphatic carbocycles. The summed E-state index contributed by atoms with van der Waals surface area (Å²) >= 11 is 0. The molecule has 1 heterocycles. The van der Waals surface area contributed by atoms with Crippen LogP contribution in [-0.4, -0.2) is 17.9 Å². The Balaban J connectivity index is 2.23. The standard InChI is InChI=1S/C14H17NO2/c1-4-14(16)15(3)9-13-10(2)11-7-5-6-8-12(11)17-13/h4-5,7H,1,6,8-9H2,2-3H3. The molecule has 0 fully saturated rings. The molecule has 0 N–H and O–H groups in total. The molecule has 3 heteroatoms. The van der Waals surface area contributed by atoms with Crippen LogP contribution < -0.4 is 0 Å². The molecule has 0 bridgehead atoms. The van der Waals surface area contributed by atoms with Gasteiger partial charge < -0.3 is 9.32 Å². The fourth-order valence-electron chi connectivity index (χ4n) is 2.06. The number of carbonyl (C=O) groups excluding carboxylic acids is 1. The van der Waals surface area contributed by atoms with Crippen molar-refractivity contribution in [3.8, 4) is 0 Å². The van der Waals surface area contributed by atoms with E-state index in [1.807, 2.05) is 6.92 Å². The van der Waals surface area contributed by atoms with E-state index in [-0.39, 0.29) is 5.91 Å². The first-order valence-corrected chi connectivity index (χ1v) is 5.78. The van der Waals surface area contributed by atoms with Crippen molar-refractivity contribution in [2.24, 2.45) is 0 Å². The Labute approximate surface area is 101 Å². The van der Waals surface area contributed by atoms with Gasteiger partial charge in [0.25, 0.3) is 0 Å². The van der Waals surface area contributed by atoms with Gasteiger partial charge in [-0.15, -0.1) is 0 Å². The number of likely N-dealkylation sites (N-methyl/N-ethyl adjacent to an activating group) is 1. The largest absolute Gasteiger partial charge is 0.463 e. The van der Waals surface area contributed by atoms with Crippen LogP contribution in [0.1, 0.15) is 29.1 Å². The van der Waals surface area contributed by atoms with Crippen molar-refractivity contribution in [1.82, 2.24) is 4.90 Å².